The van der Waals surface area contributed by atoms with Crippen molar-refractivity contribution in [1.29, 1.82) is 0 Å². The van der Waals surface area contributed by atoms with Crippen LogP contribution in [0.1, 0.15) is 24.5 Å². The molecule has 1 fully saturated rings. The maximum atomic E-state index is 12.7. The first kappa shape index (κ1) is 18.4. The number of fused-ring (bicyclic) bond motifs is 1. The number of hydrogen-bond acceptors (Lipinski definition) is 4. The molecule has 0 saturated carbocycles. The van der Waals surface area contributed by atoms with Crippen LogP contribution in [-0.2, 0) is 11.3 Å². The summed E-state index contributed by atoms with van der Waals surface area (Å²) < 4.78 is 0. The molecule has 3 aromatic carbocycles. The molecular weight excluding hydrogens is 366 g/mol. The number of hydrogen-bond donors (Lipinski definition) is 0. The van der Waals surface area contributed by atoms with Crippen molar-refractivity contribution >= 4 is 39.8 Å². The number of rotatable bonds is 5. The van der Waals surface area contributed by atoms with Gasteiger partial charge in [-0.3, -0.25) is 9.69 Å². The lowest BCUT2D eigenvalue weighted by atomic mass is 10.1. The van der Waals surface area contributed by atoms with Gasteiger partial charge in [0, 0.05) is 5.56 Å². The fourth-order valence-corrected chi connectivity index (χ4v) is 4.29. The summed E-state index contributed by atoms with van der Waals surface area (Å²) in [6.07, 6.45) is 2.54. The van der Waals surface area contributed by atoms with Gasteiger partial charge in [0.2, 0.25) is 5.91 Å². The maximum absolute atomic E-state index is 12.7. The zero-order valence-electron chi connectivity index (χ0n) is 15.7. The minimum Gasteiger partial charge on any atom is -0.284 e. The fourth-order valence-electron chi connectivity index (χ4n) is 3.26. The summed E-state index contributed by atoms with van der Waals surface area (Å²) in [6, 6.07) is 24.3. The highest BCUT2D eigenvalue weighted by Gasteiger charge is 2.36. The third-order valence-corrected chi connectivity index (χ3v) is 6.07. The van der Waals surface area contributed by atoms with Crippen LogP contribution in [0.3, 0.4) is 0 Å². The molecule has 1 aliphatic heterocycles. The van der Waals surface area contributed by atoms with Crippen LogP contribution in [0.25, 0.3) is 10.8 Å². The van der Waals surface area contributed by atoms with Gasteiger partial charge in [0.25, 0.3) is 0 Å². The van der Waals surface area contributed by atoms with E-state index in [4.69, 9.17) is 0 Å². The number of benzene rings is 3. The van der Waals surface area contributed by atoms with Gasteiger partial charge in [-0.2, -0.15) is 5.10 Å². The Bertz CT molecular complexity index is 1040. The van der Waals surface area contributed by atoms with E-state index in [0.717, 1.165) is 22.9 Å². The zero-order valence-corrected chi connectivity index (χ0v) is 16.5. The summed E-state index contributed by atoms with van der Waals surface area (Å²) in [4.78, 5) is 14.5. The van der Waals surface area contributed by atoms with Crippen molar-refractivity contribution in [2.75, 3.05) is 0 Å². The van der Waals surface area contributed by atoms with Gasteiger partial charge in [-0.25, -0.2) is 0 Å². The van der Waals surface area contributed by atoms with Gasteiger partial charge < -0.3 is 0 Å². The Morgan fingerprint density at radius 1 is 1.00 bits per heavy atom. The lowest BCUT2D eigenvalue weighted by Gasteiger charge is -2.15. The molecule has 1 amide bonds. The van der Waals surface area contributed by atoms with Crippen LogP contribution >= 0.6 is 11.8 Å². The number of nitrogens with zero attached hydrogens (tertiary/aromatic N) is 3. The largest absolute Gasteiger partial charge is 0.284 e. The summed E-state index contributed by atoms with van der Waals surface area (Å²) in [5, 5.41) is 11.6. The third-order valence-electron chi connectivity index (χ3n) is 4.74. The number of carbonyl (C=O) groups is 1. The van der Waals surface area contributed by atoms with Crippen LogP contribution in [-0.4, -0.2) is 27.4 Å². The molecule has 0 aliphatic carbocycles. The van der Waals surface area contributed by atoms with E-state index in [9.17, 15) is 4.79 Å². The summed E-state index contributed by atoms with van der Waals surface area (Å²) in [7, 11) is 0. The lowest BCUT2D eigenvalue weighted by Crippen LogP contribution is -2.31. The Hall–Kier alpha value is -2.92. The second-order valence-corrected chi connectivity index (χ2v) is 7.79. The molecule has 1 saturated heterocycles. The molecule has 5 heteroatoms. The standard InChI is InChI=1S/C23H21N3OS/c1-2-21-22(27)26(16-17-9-4-3-5-10-17)23(28-21)25-24-15-19-13-8-12-18-11-6-7-14-20(18)19/h3-15,21H,2,16H2,1H3/b24-15-,25-23+/t21-/m0/s1. The van der Waals surface area contributed by atoms with Crippen LogP contribution in [0, 0.1) is 0 Å². The summed E-state index contributed by atoms with van der Waals surface area (Å²) in [6.45, 7) is 2.55. The van der Waals surface area contributed by atoms with Gasteiger partial charge in [0.05, 0.1) is 18.0 Å². The molecule has 3 aromatic rings. The molecular formula is C23H21N3OS. The van der Waals surface area contributed by atoms with E-state index < -0.39 is 0 Å². The molecule has 0 radical (unpaired) electrons. The SMILES string of the molecule is CC[C@@H]1S/C(=N/N=C\c2cccc3ccccc23)N(Cc2ccccc2)C1=O. The fraction of sp³-hybridized carbons (Fsp3) is 0.174. The van der Waals surface area contributed by atoms with Crippen LogP contribution in [0.2, 0.25) is 0 Å². The first-order valence-corrected chi connectivity index (χ1v) is 10.2. The Labute approximate surface area is 169 Å². The van der Waals surface area contributed by atoms with Gasteiger partial charge in [0.1, 0.15) is 0 Å². The third kappa shape index (κ3) is 3.85. The van der Waals surface area contributed by atoms with E-state index >= 15 is 0 Å². The molecule has 0 unspecified atom stereocenters. The van der Waals surface area contributed by atoms with E-state index in [1.807, 2.05) is 61.5 Å². The van der Waals surface area contributed by atoms with E-state index in [-0.39, 0.29) is 11.2 Å². The molecule has 1 aliphatic rings. The average Bonchev–Trinajstić information content (AvgIpc) is 3.04. The van der Waals surface area contributed by atoms with E-state index in [0.29, 0.717) is 11.7 Å². The van der Waals surface area contributed by atoms with Crippen LogP contribution in [0.15, 0.2) is 83.0 Å². The van der Waals surface area contributed by atoms with Gasteiger partial charge in [0.15, 0.2) is 5.17 Å². The van der Waals surface area contributed by atoms with Crippen molar-refractivity contribution in [3.05, 3.63) is 83.9 Å². The van der Waals surface area contributed by atoms with Gasteiger partial charge >= 0.3 is 0 Å². The first-order chi connectivity index (χ1) is 13.8. The van der Waals surface area contributed by atoms with E-state index in [1.54, 1.807) is 11.1 Å². The molecule has 140 valence electrons. The summed E-state index contributed by atoms with van der Waals surface area (Å²) in [5.74, 6) is 0.107. The van der Waals surface area contributed by atoms with Gasteiger partial charge in [-0.1, -0.05) is 91.5 Å². The predicted octanol–water partition coefficient (Wildman–Crippen LogP) is 5.08. The van der Waals surface area contributed by atoms with Crippen molar-refractivity contribution in [2.24, 2.45) is 10.2 Å². The zero-order chi connectivity index (χ0) is 19.3. The normalized spacial score (nSPS) is 18.6. The van der Waals surface area contributed by atoms with Crippen LogP contribution in [0.5, 0.6) is 0 Å². The average molecular weight is 388 g/mol. The Morgan fingerprint density at radius 3 is 2.57 bits per heavy atom. The minimum atomic E-state index is -0.0878. The van der Waals surface area contributed by atoms with Crippen LogP contribution < -0.4 is 0 Å². The molecule has 0 spiro atoms. The number of thioether (sulfide) groups is 1. The first-order valence-electron chi connectivity index (χ1n) is 9.37. The van der Waals surface area contributed by atoms with Crippen molar-refractivity contribution in [3.8, 4) is 0 Å². The molecule has 4 rings (SSSR count). The minimum absolute atomic E-state index is 0.0878. The smallest absolute Gasteiger partial charge is 0.242 e. The van der Waals surface area contributed by atoms with E-state index in [1.165, 1.54) is 17.1 Å². The van der Waals surface area contributed by atoms with E-state index in [2.05, 4.69) is 28.4 Å². The second kappa shape index (κ2) is 8.40. The highest BCUT2D eigenvalue weighted by atomic mass is 32.2. The van der Waals surface area contributed by atoms with Crippen molar-refractivity contribution in [3.63, 3.8) is 0 Å². The lowest BCUT2D eigenvalue weighted by molar-refractivity contribution is -0.126. The quantitative estimate of drug-likeness (QED) is 0.452. The van der Waals surface area contributed by atoms with Crippen molar-refractivity contribution in [1.82, 2.24) is 4.90 Å². The molecule has 4 nitrogen and oxygen atoms in total. The Morgan fingerprint density at radius 2 is 1.75 bits per heavy atom. The van der Waals surface area contributed by atoms with Gasteiger partial charge in [-0.05, 0) is 22.8 Å². The maximum Gasteiger partial charge on any atom is 0.242 e. The molecule has 1 heterocycles. The second-order valence-electron chi connectivity index (χ2n) is 6.62. The van der Waals surface area contributed by atoms with Crippen molar-refractivity contribution < 1.29 is 4.79 Å². The molecule has 1 atom stereocenters. The monoisotopic (exact) mass is 387 g/mol. The highest BCUT2D eigenvalue weighted by molar-refractivity contribution is 8.15. The van der Waals surface area contributed by atoms with Crippen molar-refractivity contribution in [2.45, 2.75) is 25.1 Å². The van der Waals surface area contributed by atoms with Gasteiger partial charge in [-0.15, -0.1) is 5.10 Å². The molecule has 0 N–H and O–H groups in total. The summed E-state index contributed by atoms with van der Waals surface area (Å²) in [5.41, 5.74) is 2.09. The Kier molecular flexibility index (Phi) is 5.53. The number of amides is 1. The number of carbonyl (C=O) groups excluding carboxylic acids is 1. The molecule has 0 bridgehead atoms. The molecule has 28 heavy (non-hydrogen) atoms. The topological polar surface area (TPSA) is 45.0 Å². The number of amidine groups is 1. The molecule has 0 aromatic heterocycles. The van der Waals surface area contributed by atoms with Crippen LogP contribution in [0.4, 0.5) is 0 Å². The highest BCUT2D eigenvalue weighted by Crippen LogP contribution is 2.30. The predicted molar refractivity (Wildman–Crippen MR) is 118 cm³/mol. The summed E-state index contributed by atoms with van der Waals surface area (Å²) >= 11 is 1.50. The Balaban J connectivity index is 1.60.